The van der Waals surface area contributed by atoms with E-state index in [1.165, 1.54) is 9.80 Å². The molecule has 0 unspecified atom stereocenters. The monoisotopic (exact) mass is 400 g/mol. The quantitative estimate of drug-likeness (QED) is 0.599. The third-order valence-electron chi connectivity index (χ3n) is 5.90. The number of benzene rings is 1. The van der Waals surface area contributed by atoms with Crippen LogP contribution < -0.4 is 10.6 Å². The molecule has 9 heteroatoms. The van der Waals surface area contributed by atoms with Gasteiger partial charge in [-0.25, -0.2) is 0 Å². The van der Waals surface area contributed by atoms with Gasteiger partial charge in [-0.15, -0.1) is 0 Å². The summed E-state index contributed by atoms with van der Waals surface area (Å²) in [6, 6.07) is 4.95. The fourth-order valence-electron chi connectivity index (χ4n) is 4.27. The number of carbonyl (C=O) groups excluding carboxylic acids is 4. The van der Waals surface area contributed by atoms with Crippen molar-refractivity contribution in [2.24, 2.45) is 0 Å². The van der Waals surface area contributed by atoms with E-state index < -0.39 is 36.0 Å². The molecule has 0 aromatic heterocycles. The molecule has 3 heterocycles. The number of rotatable bonds is 4. The molecular formula is C20H24N4O5. The van der Waals surface area contributed by atoms with E-state index in [0.29, 0.717) is 25.1 Å². The Kier molecular flexibility index (Phi) is 4.99. The normalized spacial score (nSPS) is 27.0. The molecule has 4 atom stereocenters. The zero-order valence-electron chi connectivity index (χ0n) is 16.1. The van der Waals surface area contributed by atoms with Crippen molar-refractivity contribution in [1.82, 2.24) is 20.4 Å². The van der Waals surface area contributed by atoms with Gasteiger partial charge in [0.05, 0.1) is 6.10 Å². The third-order valence-corrected chi connectivity index (χ3v) is 5.90. The number of hydrogen-bond acceptors (Lipinski definition) is 5. The van der Waals surface area contributed by atoms with E-state index in [4.69, 9.17) is 0 Å². The van der Waals surface area contributed by atoms with Crippen molar-refractivity contribution in [1.29, 1.82) is 0 Å². The van der Waals surface area contributed by atoms with Gasteiger partial charge < -0.3 is 25.5 Å². The summed E-state index contributed by atoms with van der Waals surface area (Å²) in [5.74, 6) is -1.31. The molecule has 4 rings (SSSR count). The topological polar surface area (TPSA) is 119 Å². The van der Waals surface area contributed by atoms with Crippen LogP contribution in [0.3, 0.4) is 0 Å². The van der Waals surface area contributed by atoms with Crippen molar-refractivity contribution >= 4 is 23.6 Å². The van der Waals surface area contributed by atoms with Crippen molar-refractivity contribution in [2.75, 3.05) is 13.1 Å². The van der Waals surface area contributed by atoms with E-state index in [9.17, 15) is 24.3 Å². The van der Waals surface area contributed by atoms with Gasteiger partial charge in [-0.05, 0) is 25.0 Å². The minimum atomic E-state index is -0.867. The van der Waals surface area contributed by atoms with Crippen molar-refractivity contribution in [3.63, 3.8) is 0 Å². The van der Waals surface area contributed by atoms with Gasteiger partial charge in [0.1, 0.15) is 18.1 Å². The Morgan fingerprint density at radius 1 is 1.28 bits per heavy atom. The number of fused-ring (bicyclic) bond motifs is 1. The van der Waals surface area contributed by atoms with E-state index in [1.807, 2.05) is 12.1 Å². The molecule has 3 N–H and O–H groups in total. The van der Waals surface area contributed by atoms with E-state index >= 15 is 0 Å². The number of nitrogens with one attached hydrogen (secondary N) is 2. The number of likely N-dealkylation sites (tertiary alicyclic amines) is 1. The average Bonchev–Trinajstić information content (AvgIpc) is 3.39. The first-order chi connectivity index (χ1) is 13.9. The first kappa shape index (κ1) is 19.4. The predicted molar refractivity (Wildman–Crippen MR) is 101 cm³/mol. The van der Waals surface area contributed by atoms with Crippen LogP contribution in [0.2, 0.25) is 0 Å². The van der Waals surface area contributed by atoms with E-state index in [0.717, 1.165) is 5.56 Å². The van der Waals surface area contributed by atoms with Crippen LogP contribution in [0, 0.1) is 0 Å². The van der Waals surface area contributed by atoms with Crippen LogP contribution in [-0.4, -0.2) is 75.9 Å². The lowest BCUT2D eigenvalue weighted by Gasteiger charge is -2.31. The molecule has 0 spiro atoms. The van der Waals surface area contributed by atoms with Crippen LogP contribution >= 0.6 is 0 Å². The lowest BCUT2D eigenvalue weighted by Crippen LogP contribution is -2.54. The molecule has 9 nitrogen and oxygen atoms in total. The molecule has 0 aliphatic carbocycles. The van der Waals surface area contributed by atoms with E-state index in [-0.39, 0.29) is 24.8 Å². The molecule has 3 aliphatic rings. The molecule has 1 aromatic carbocycles. The number of β-amino-alcohol motifs (C(OH)–C–C–N with tert-alkyl or cyclic N) is 1. The molecule has 4 amide bonds. The summed E-state index contributed by atoms with van der Waals surface area (Å²) in [5, 5.41) is 15.4. The summed E-state index contributed by atoms with van der Waals surface area (Å²) < 4.78 is 0. The molecular weight excluding hydrogens is 376 g/mol. The molecule has 0 saturated carbocycles. The largest absolute Gasteiger partial charge is 0.391 e. The van der Waals surface area contributed by atoms with Crippen LogP contribution in [0.5, 0.6) is 0 Å². The zero-order chi connectivity index (χ0) is 20.7. The van der Waals surface area contributed by atoms with Gasteiger partial charge in [0.15, 0.2) is 0 Å². The van der Waals surface area contributed by atoms with Crippen LogP contribution in [0.1, 0.15) is 35.7 Å². The lowest BCUT2D eigenvalue weighted by molar-refractivity contribution is -0.142. The summed E-state index contributed by atoms with van der Waals surface area (Å²) in [6.07, 6.45) is -0.233. The predicted octanol–water partition coefficient (Wildman–Crippen LogP) is -1.00. The number of carbonyl (C=O) groups is 4. The summed E-state index contributed by atoms with van der Waals surface area (Å²) in [5.41, 5.74) is 1.44. The first-order valence-electron chi connectivity index (χ1n) is 9.82. The van der Waals surface area contributed by atoms with E-state index in [1.54, 1.807) is 19.1 Å². The molecule has 1 aromatic rings. The minimum Gasteiger partial charge on any atom is -0.391 e. The molecule has 154 valence electrons. The van der Waals surface area contributed by atoms with Crippen LogP contribution in [-0.2, 0) is 20.9 Å². The second-order valence-electron chi connectivity index (χ2n) is 7.80. The molecule has 2 saturated heterocycles. The Morgan fingerprint density at radius 3 is 2.72 bits per heavy atom. The van der Waals surface area contributed by atoms with E-state index in [2.05, 4.69) is 10.6 Å². The number of aliphatic hydroxyl groups is 1. The number of nitrogens with zero attached hydrogens (tertiary/aromatic N) is 2. The Bertz CT molecular complexity index is 872. The maximum Gasteiger partial charge on any atom is 0.255 e. The molecule has 29 heavy (non-hydrogen) atoms. The molecule has 3 aliphatic heterocycles. The summed E-state index contributed by atoms with van der Waals surface area (Å²) in [4.78, 5) is 53.1. The van der Waals surface area contributed by atoms with Gasteiger partial charge >= 0.3 is 0 Å². The number of hydrogen-bond donors (Lipinski definition) is 3. The second kappa shape index (κ2) is 7.47. The van der Waals surface area contributed by atoms with Gasteiger partial charge in [-0.3, -0.25) is 19.2 Å². The number of aliphatic hydroxyl groups excluding tert-OH is 1. The van der Waals surface area contributed by atoms with Crippen LogP contribution in [0.4, 0.5) is 0 Å². The highest BCUT2D eigenvalue weighted by atomic mass is 16.3. The van der Waals surface area contributed by atoms with Crippen LogP contribution in [0.25, 0.3) is 0 Å². The highest BCUT2D eigenvalue weighted by molar-refractivity contribution is 6.01. The lowest BCUT2D eigenvalue weighted by atomic mass is 10.1. The Balaban J connectivity index is 1.47. The molecule has 0 bridgehead atoms. The SMILES string of the molecule is C[C@@H](C(=O)N1C[C@H](O)C[C@H]1C(=O)N[C@@H]1CCNC1=O)N1Cc2ccccc2C1=O. The Morgan fingerprint density at radius 2 is 2.03 bits per heavy atom. The van der Waals surface area contributed by atoms with Gasteiger partial charge in [-0.1, -0.05) is 18.2 Å². The van der Waals surface area contributed by atoms with Crippen molar-refractivity contribution in [2.45, 2.75) is 50.5 Å². The summed E-state index contributed by atoms with van der Waals surface area (Å²) in [7, 11) is 0. The van der Waals surface area contributed by atoms with Gasteiger partial charge in [0.25, 0.3) is 5.91 Å². The molecule has 2 fully saturated rings. The Labute approximate surface area is 168 Å². The van der Waals surface area contributed by atoms with Crippen LogP contribution in [0.15, 0.2) is 24.3 Å². The smallest absolute Gasteiger partial charge is 0.255 e. The first-order valence-corrected chi connectivity index (χ1v) is 9.82. The second-order valence-corrected chi connectivity index (χ2v) is 7.80. The standard InChI is InChI=1S/C20H24N4O5/c1-11(23-9-12-4-2-3-5-14(12)20(23)29)19(28)24-10-13(25)8-16(24)18(27)22-15-6-7-21-17(15)26/h2-5,11,13,15-16,25H,6-10H2,1H3,(H,21,26)(H,22,27)/t11-,13+,15+,16-/m0/s1. The summed E-state index contributed by atoms with van der Waals surface area (Å²) >= 11 is 0. The van der Waals surface area contributed by atoms with Gasteiger partial charge in [0.2, 0.25) is 17.7 Å². The van der Waals surface area contributed by atoms with Gasteiger partial charge in [0, 0.05) is 31.6 Å². The van der Waals surface area contributed by atoms with Gasteiger partial charge in [-0.2, -0.15) is 0 Å². The molecule has 0 radical (unpaired) electrons. The maximum atomic E-state index is 13.2. The highest BCUT2D eigenvalue weighted by Crippen LogP contribution is 2.27. The fourth-order valence-corrected chi connectivity index (χ4v) is 4.27. The third kappa shape index (κ3) is 3.46. The van der Waals surface area contributed by atoms with Crippen molar-refractivity contribution in [3.8, 4) is 0 Å². The maximum absolute atomic E-state index is 13.2. The zero-order valence-corrected chi connectivity index (χ0v) is 16.1. The summed E-state index contributed by atoms with van der Waals surface area (Å²) in [6.45, 7) is 2.48. The van der Waals surface area contributed by atoms with Crippen molar-refractivity contribution in [3.05, 3.63) is 35.4 Å². The number of amides is 4. The Hall–Kier alpha value is -2.94. The minimum absolute atomic E-state index is 0.0209. The van der Waals surface area contributed by atoms with Crippen molar-refractivity contribution < 1.29 is 24.3 Å². The highest BCUT2D eigenvalue weighted by Gasteiger charge is 2.44. The fraction of sp³-hybridized carbons (Fsp3) is 0.500. The average molecular weight is 400 g/mol.